The first-order valence-electron chi connectivity index (χ1n) is 6.75. The van der Waals surface area contributed by atoms with Gasteiger partial charge in [0.2, 0.25) is 0 Å². The van der Waals surface area contributed by atoms with Gasteiger partial charge < -0.3 is 10.4 Å². The lowest BCUT2D eigenvalue weighted by Gasteiger charge is -2.30. The van der Waals surface area contributed by atoms with Gasteiger partial charge in [0, 0.05) is 18.2 Å². The van der Waals surface area contributed by atoms with Crippen LogP contribution in [0.25, 0.3) is 0 Å². The van der Waals surface area contributed by atoms with Gasteiger partial charge in [0.15, 0.2) is 0 Å². The fraction of sp³-hybridized carbons (Fsp3) is 0.571. The van der Waals surface area contributed by atoms with Crippen LogP contribution in [-0.2, 0) is 0 Å². The first-order valence-corrected chi connectivity index (χ1v) is 6.75. The molecule has 1 aliphatic rings. The van der Waals surface area contributed by atoms with Crippen LogP contribution in [-0.4, -0.2) is 22.1 Å². The molecule has 1 fully saturated rings. The van der Waals surface area contributed by atoms with Crippen molar-refractivity contribution in [3.63, 3.8) is 0 Å². The number of hydrogen-bond donors (Lipinski definition) is 2. The minimum atomic E-state index is -0.788. The van der Waals surface area contributed by atoms with Gasteiger partial charge in [-0.3, -0.25) is 10.1 Å². The molecule has 0 bridgehead atoms. The number of nitrogens with zero attached hydrogens (tertiary/aromatic N) is 1. The second-order valence-corrected chi connectivity index (χ2v) is 5.26. The largest absolute Gasteiger partial charge is 0.388 e. The minimum Gasteiger partial charge on any atom is -0.388 e. The minimum absolute atomic E-state index is 0.00106. The van der Waals surface area contributed by atoms with Crippen LogP contribution in [0.5, 0.6) is 0 Å². The maximum Gasteiger partial charge on any atom is 0.275 e. The lowest BCUT2D eigenvalue weighted by atomic mass is 9.93. The average Bonchev–Trinajstić information content (AvgIpc) is 2.38. The Morgan fingerprint density at radius 2 is 2.21 bits per heavy atom. The Morgan fingerprint density at radius 1 is 1.47 bits per heavy atom. The van der Waals surface area contributed by atoms with Crippen molar-refractivity contribution in [3.05, 3.63) is 39.9 Å². The molecular weight excluding hydrogens is 244 g/mol. The Morgan fingerprint density at radius 3 is 2.89 bits per heavy atom. The quantitative estimate of drug-likeness (QED) is 0.647. The molecule has 5 nitrogen and oxygen atoms in total. The first kappa shape index (κ1) is 14.0. The molecule has 19 heavy (non-hydrogen) atoms. The summed E-state index contributed by atoms with van der Waals surface area (Å²) in [5, 5.41) is 24.6. The molecule has 1 aromatic rings. The van der Waals surface area contributed by atoms with Crippen molar-refractivity contribution in [1.29, 1.82) is 0 Å². The van der Waals surface area contributed by atoms with Gasteiger partial charge in [-0.05, 0) is 32.3 Å². The standard InChI is InChI=1S/C14H20N2O3/c1-10-5-4-6-11(15-10)9-14(17)12-7-2-3-8-13(12)16(18)19/h2-3,7-8,10-11,14-15,17H,4-6,9H2,1H3. The number of nitro groups is 1. The van der Waals surface area contributed by atoms with E-state index in [1.165, 1.54) is 6.07 Å². The summed E-state index contributed by atoms with van der Waals surface area (Å²) < 4.78 is 0. The molecule has 3 unspecified atom stereocenters. The Hall–Kier alpha value is -1.46. The molecule has 0 amide bonds. The number of para-hydroxylation sites is 1. The fourth-order valence-electron chi connectivity index (χ4n) is 2.76. The van der Waals surface area contributed by atoms with E-state index in [9.17, 15) is 15.2 Å². The predicted octanol–water partition coefficient (Wildman–Crippen LogP) is 2.55. The van der Waals surface area contributed by atoms with Crippen LogP contribution in [0.1, 0.15) is 44.3 Å². The summed E-state index contributed by atoms with van der Waals surface area (Å²) in [5.74, 6) is 0. The molecule has 0 aliphatic carbocycles. The highest BCUT2D eigenvalue weighted by atomic mass is 16.6. The Kier molecular flexibility index (Phi) is 4.50. The molecule has 0 saturated carbocycles. The third-order valence-electron chi connectivity index (χ3n) is 3.71. The third kappa shape index (κ3) is 3.52. The summed E-state index contributed by atoms with van der Waals surface area (Å²) in [6.07, 6.45) is 3.04. The van der Waals surface area contributed by atoms with E-state index >= 15 is 0 Å². The van der Waals surface area contributed by atoms with Crippen LogP contribution in [0.4, 0.5) is 5.69 Å². The lowest BCUT2D eigenvalue weighted by molar-refractivity contribution is -0.386. The second kappa shape index (κ2) is 6.12. The van der Waals surface area contributed by atoms with Gasteiger partial charge in [-0.2, -0.15) is 0 Å². The summed E-state index contributed by atoms with van der Waals surface area (Å²) in [4.78, 5) is 10.5. The number of hydrogen-bond acceptors (Lipinski definition) is 4. The Bertz CT molecular complexity index is 450. The van der Waals surface area contributed by atoms with E-state index in [1.807, 2.05) is 0 Å². The average molecular weight is 264 g/mol. The Balaban J connectivity index is 2.07. The van der Waals surface area contributed by atoms with Crippen molar-refractivity contribution >= 4 is 5.69 Å². The van der Waals surface area contributed by atoms with Crippen LogP contribution >= 0.6 is 0 Å². The summed E-state index contributed by atoms with van der Waals surface area (Å²) in [6, 6.07) is 7.11. The van der Waals surface area contributed by atoms with Gasteiger partial charge in [-0.1, -0.05) is 18.6 Å². The fourth-order valence-corrected chi connectivity index (χ4v) is 2.76. The zero-order chi connectivity index (χ0) is 13.8. The zero-order valence-corrected chi connectivity index (χ0v) is 11.1. The highest BCUT2D eigenvalue weighted by Gasteiger charge is 2.25. The summed E-state index contributed by atoms with van der Waals surface area (Å²) >= 11 is 0. The lowest BCUT2D eigenvalue weighted by Crippen LogP contribution is -2.41. The van der Waals surface area contributed by atoms with Crippen LogP contribution < -0.4 is 5.32 Å². The van der Waals surface area contributed by atoms with Crippen LogP contribution in [0.15, 0.2) is 24.3 Å². The number of aliphatic hydroxyl groups is 1. The van der Waals surface area contributed by atoms with Crippen molar-refractivity contribution in [2.24, 2.45) is 0 Å². The van der Waals surface area contributed by atoms with E-state index in [2.05, 4.69) is 12.2 Å². The van der Waals surface area contributed by atoms with Gasteiger partial charge in [0.1, 0.15) is 0 Å². The third-order valence-corrected chi connectivity index (χ3v) is 3.71. The van der Waals surface area contributed by atoms with Crippen LogP contribution in [0.2, 0.25) is 0 Å². The van der Waals surface area contributed by atoms with E-state index < -0.39 is 11.0 Å². The smallest absolute Gasteiger partial charge is 0.275 e. The molecule has 1 aromatic carbocycles. The number of nitrogens with one attached hydrogen (secondary N) is 1. The molecule has 1 aliphatic heterocycles. The number of rotatable bonds is 4. The van der Waals surface area contributed by atoms with Gasteiger partial charge in [-0.25, -0.2) is 0 Å². The molecule has 2 rings (SSSR count). The summed E-state index contributed by atoms with van der Waals surface area (Å²) in [5.41, 5.74) is 0.409. The van der Waals surface area contributed by atoms with Crippen molar-refractivity contribution in [1.82, 2.24) is 5.32 Å². The molecule has 5 heteroatoms. The number of aliphatic hydroxyl groups excluding tert-OH is 1. The van der Waals surface area contributed by atoms with Crippen molar-refractivity contribution in [2.45, 2.75) is 50.8 Å². The molecule has 2 N–H and O–H groups in total. The molecular formula is C14H20N2O3. The highest BCUT2D eigenvalue weighted by Crippen LogP contribution is 2.29. The van der Waals surface area contributed by atoms with Crippen molar-refractivity contribution in [2.75, 3.05) is 0 Å². The zero-order valence-electron chi connectivity index (χ0n) is 11.1. The maximum absolute atomic E-state index is 10.9. The monoisotopic (exact) mass is 264 g/mol. The SMILES string of the molecule is CC1CCCC(CC(O)c2ccccc2[N+](=O)[O-])N1. The van der Waals surface area contributed by atoms with Gasteiger partial charge in [0.05, 0.1) is 16.6 Å². The molecule has 0 spiro atoms. The maximum atomic E-state index is 10.9. The predicted molar refractivity (Wildman–Crippen MR) is 72.9 cm³/mol. The van der Waals surface area contributed by atoms with Crippen LogP contribution in [0.3, 0.4) is 0 Å². The molecule has 104 valence electrons. The van der Waals surface area contributed by atoms with E-state index in [4.69, 9.17) is 0 Å². The molecule has 0 aromatic heterocycles. The number of piperidine rings is 1. The summed E-state index contributed by atoms with van der Waals surface area (Å²) in [6.45, 7) is 2.13. The first-order chi connectivity index (χ1) is 9.08. The van der Waals surface area contributed by atoms with E-state index in [0.29, 0.717) is 18.0 Å². The Labute approximate surface area is 112 Å². The van der Waals surface area contributed by atoms with Gasteiger partial charge >= 0.3 is 0 Å². The van der Waals surface area contributed by atoms with E-state index in [1.54, 1.807) is 18.2 Å². The van der Waals surface area contributed by atoms with Crippen LogP contribution in [0, 0.1) is 10.1 Å². The molecule has 3 atom stereocenters. The van der Waals surface area contributed by atoms with Crippen molar-refractivity contribution in [3.8, 4) is 0 Å². The highest BCUT2D eigenvalue weighted by molar-refractivity contribution is 5.41. The number of nitro benzene ring substituents is 1. The topological polar surface area (TPSA) is 75.4 Å². The van der Waals surface area contributed by atoms with Crippen molar-refractivity contribution < 1.29 is 10.0 Å². The molecule has 0 radical (unpaired) electrons. The van der Waals surface area contributed by atoms with E-state index in [0.717, 1.165) is 19.3 Å². The van der Waals surface area contributed by atoms with E-state index in [-0.39, 0.29) is 11.7 Å². The number of benzene rings is 1. The van der Waals surface area contributed by atoms with Gasteiger partial charge in [0.25, 0.3) is 5.69 Å². The molecule has 1 heterocycles. The normalized spacial score (nSPS) is 24.9. The van der Waals surface area contributed by atoms with Gasteiger partial charge in [-0.15, -0.1) is 0 Å². The molecule has 1 saturated heterocycles. The summed E-state index contributed by atoms with van der Waals surface area (Å²) in [7, 11) is 0. The second-order valence-electron chi connectivity index (χ2n) is 5.26.